The van der Waals surface area contributed by atoms with Crippen LogP contribution in [0.4, 0.5) is 5.69 Å². The molecule has 2 aromatic carbocycles. The van der Waals surface area contributed by atoms with Crippen LogP contribution in [0.3, 0.4) is 0 Å². The highest BCUT2D eigenvalue weighted by molar-refractivity contribution is 5.97. The summed E-state index contributed by atoms with van der Waals surface area (Å²) < 4.78 is 0. The van der Waals surface area contributed by atoms with Gasteiger partial charge < -0.3 is 10.6 Å². The van der Waals surface area contributed by atoms with Gasteiger partial charge in [-0.1, -0.05) is 18.2 Å². The molecule has 7 heteroatoms. The molecule has 0 radical (unpaired) electrons. The van der Waals surface area contributed by atoms with E-state index in [1.165, 1.54) is 0 Å². The van der Waals surface area contributed by atoms with Crippen LogP contribution < -0.4 is 10.6 Å². The zero-order valence-corrected chi connectivity index (χ0v) is 17.9. The summed E-state index contributed by atoms with van der Waals surface area (Å²) in [6.45, 7) is 5.75. The van der Waals surface area contributed by atoms with Crippen molar-refractivity contribution in [2.24, 2.45) is 0 Å². The van der Waals surface area contributed by atoms with Crippen LogP contribution in [0.2, 0.25) is 0 Å². The number of carbonyl (C=O) groups is 2. The second-order valence-electron chi connectivity index (χ2n) is 8.04. The van der Waals surface area contributed by atoms with E-state index in [1.807, 2.05) is 50.2 Å². The molecule has 0 bridgehead atoms. The molecule has 3 aromatic rings. The first-order chi connectivity index (χ1) is 15.0. The summed E-state index contributed by atoms with van der Waals surface area (Å²) in [4.78, 5) is 36.2. The summed E-state index contributed by atoms with van der Waals surface area (Å²) in [5.41, 5.74) is 4.69. The topological polar surface area (TPSA) is 87.2 Å². The third-order valence-electron chi connectivity index (χ3n) is 5.69. The first-order valence-electron chi connectivity index (χ1n) is 10.6. The third-order valence-corrected chi connectivity index (χ3v) is 5.69. The lowest BCUT2D eigenvalue weighted by Gasteiger charge is -2.31. The van der Waals surface area contributed by atoms with E-state index < -0.39 is 0 Å². The number of hydrogen-bond acceptors (Lipinski definition) is 5. The zero-order chi connectivity index (χ0) is 21.8. The molecule has 2 heterocycles. The number of nitrogens with zero attached hydrogens (tertiary/aromatic N) is 3. The van der Waals surface area contributed by atoms with Gasteiger partial charge in [-0.3, -0.25) is 14.5 Å². The number of piperidine rings is 1. The number of nitrogens with one attached hydrogen (secondary N) is 2. The van der Waals surface area contributed by atoms with E-state index in [0.29, 0.717) is 12.1 Å². The SMILES string of the molecule is Cc1nc2ccc(C(=O)NC3CCN(CC(=O)Nc4ccccc4)CC3)cc2nc1C. The first kappa shape index (κ1) is 20.9. The van der Waals surface area contributed by atoms with Crippen molar-refractivity contribution >= 4 is 28.5 Å². The molecule has 0 atom stereocenters. The van der Waals surface area contributed by atoms with E-state index in [0.717, 1.165) is 54.0 Å². The number of amides is 2. The molecule has 2 amide bonds. The molecule has 1 saturated heterocycles. The maximum Gasteiger partial charge on any atom is 0.251 e. The number of likely N-dealkylation sites (tertiary alicyclic amines) is 1. The average molecular weight is 418 g/mol. The Morgan fingerprint density at radius 1 is 0.968 bits per heavy atom. The van der Waals surface area contributed by atoms with Crippen LogP contribution in [-0.2, 0) is 4.79 Å². The van der Waals surface area contributed by atoms with Crippen molar-refractivity contribution in [3.8, 4) is 0 Å². The Hall–Kier alpha value is -3.32. The number of fused-ring (bicyclic) bond motifs is 1. The van der Waals surface area contributed by atoms with Crippen molar-refractivity contribution in [2.75, 3.05) is 25.0 Å². The molecule has 1 aliphatic heterocycles. The Kier molecular flexibility index (Phi) is 6.23. The number of para-hydroxylation sites is 1. The fraction of sp³-hybridized carbons (Fsp3) is 0.333. The van der Waals surface area contributed by atoms with E-state index in [1.54, 1.807) is 12.1 Å². The molecule has 31 heavy (non-hydrogen) atoms. The number of hydrogen-bond donors (Lipinski definition) is 2. The van der Waals surface area contributed by atoms with Crippen molar-refractivity contribution in [1.29, 1.82) is 0 Å². The minimum Gasteiger partial charge on any atom is -0.349 e. The van der Waals surface area contributed by atoms with Crippen LogP contribution in [0, 0.1) is 13.8 Å². The molecule has 160 valence electrons. The van der Waals surface area contributed by atoms with Crippen LogP contribution in [0.15, 0.2) is 48.5 Å². The van der Waals surface area contributed by atoms with Crippen LogP contribution in [-0.4, -0.2) is 52.4 Å². The van der Waals surface area contributed by atoms with Crippen LogP contribution in [0.25, 0.3) is 11.0 Å². The molecule has 4 rings (SSSR count). The third kappa shape index (κ3) is 5.24. The highest BCUT2D eigenvalue weighted by atomic mass is 16.2. The molecular formula is C24H27N5O2. The van der Waals surface area contributed by atoms with E-state index >= 15 is 0 Å². The lowest BCUT2D eigenvalue weighted by atomic mass is 10.0. The highest BCUT2D eigenvalue weighted by Gasteiger charge is 2.22. The van der Waals surface area contributed by atoms with Gasteiger partial charge in [0.15, 0.2) is 0 Å². The predicted octanol–water partition coefficient (Wildman–Crippen LogP) is 3.08. The van der Waals surface area contributed by atoms with E-state index in [4.69, 9.17) is 0 Å². The van der Waals surface area contributed by atoms with Crippen LogP contribution >= 0.6 is 0 Å². The number of carbonyl (C=O) groups excluding carboxylic acids is 2. The molecule has 1 fully saturated rings. The normalized spacial score (nSPS) is 15.0. The van der Waals surface area contributed by atoms with Crippen LogP contribution in [0.1, 0.15) is 34.6 Å². The Morgan fingerprint density at radius 3 is 2.35 bits per heavy atom. The van der Waals surface area contributed by atoms with Gasteiger partial charge in [0, 0.05) is 30.4 Å². The quantitative estimate of drug-likeness (QED) is 0.666. The Labute approximate surface area is 181 Å². The van der Waals surface area contributed by atoms with E-state index in [9.17, 15) is 9.59 Å². The number of rotatable bonds is 5. The van der Waals surface area contributed by atoms with Crippen molar-refractivity contribution in [3.63, 3.8) is 0 Å². The molecule has 7 nitrogen and oxygen atoms in total. The fourth-order valence-electron chi connectivity index (χ4n) is 3.80. The number of aryl methyl sites for hydroxylation is 2. The smallest absolute Gasteiger partial charge is 0.251 e. The summed E-state index contributed by atoms with van der Waals surface area (Å²) in [5, 5.41) is 6.04. The van der Waals surface area contributed by atoms with Gasteiger partial charge in [0.2, 0.25) is 5.91 Å². The monoisotopic (exact) mass is 417 g/mol. The lowest BCUT2D eigenvalue weighted by molar-refractivity contribution is -0.117. The molecule has 1 aromatic heterocycles. The molecule has 0 saturated carbocycles. The maximum absolute atomic E-state index is 12.7. The second-order valence-corrected chi connectivity index (χ2v) is 8.04. The van der Waals surface area contributed by atoms with Gasteiger partial charge in [-0.05, 0) is 57.0 Å². The van der Waals surface area contributed by atoms with Gasteiger partial charge in [-0.25, -0.2) is 9.97 Å². The second kappa shape index (κ2) is 9.22. The van der Waals surface area contributed by atoms with Gasteiger partial charge in [0.1, 0.15) is 0 Å². The largest absolute Gasteiger partial charge is 0.349 e. The minimum atomic E-state index is -0.0952. The van der Waals surface area contributed by atoms with E-state index in [-0.39, 0.29) is 17.9 Å². The number of anilines is 1. The van der Waals surface area contributed by atoms with E-state index in [2.05, 4.69) is 25.5 Å². The van der Waals surface area contributed by atoms with Gasteiger partial charge in [-0.15, -0.1) is 0 Å². The molecule has 1 aliphatic rings. The molecule has 2 N–H and O–H groups in total. The molecule has 0 unspecified atom stereocenters. The number of benzene rings is 2. The van der Waals surface area contributed by atoms with Gasteiger partial charge in [0.05, 0.1) is 29.0 Å². The van der Waals surface area contributed by atoms with Gasteiger partial charge in [0.25, 0.3) is 5.91 Å². The Balaban J connectivity index is 1.28. The molecular weight excluding hydrogens is 390 g/mol. The zero-order valence-electron chi connectivity index (χ0n) is 17.9. The first-order valence-corrected chi connectivity index (χ1v) is 10.6. The minimum absolute atomic E-state index is 0.0171. The lowest BCUT2D eigenvalue weighted by Crippen LogP contribution is -2.46. The molecule has 0 aliphatic carbocycles. The maximum atomic E-state index is 12.7. The van der Waals surface area contributed by atoms with Crippen molar-refractivity contribution < 1.29 is 9.59 Å². The average Bonchev–Trinajstić information content (AvgIpc) is 2.76. The standard InChI is InChI=1S/C24H27N5O2/c1-16-17(2)26-22-14-18(8-9-21(22)25-16)24(31)28-20-10-12-29(13-11-20)15-23(30)27-19-6-4-3-5-7-19/h3-9,14,20H,10-13,15H2,1-2H3,(H,27,30)(H,28,31). The summed E-state index contributed by atoms with van der Waals surface area (Å²) in [7, 11) is 0. The summed E-state index contributed by atoms with van der Waals surface area (Å²) in [6.07, 6.45) is 1.63. The Bertz CT molecular complexity index is 1090. The molecule has 0 spiro atoms. The predicted molar refractivity (Wildman–Crippen MR) is 121 cm³/mol. The fourth-order valence-corrected chi connectivity index (χ4v) is 3.80. The van der Waals surface area contributed by atoms with Gasteiger partial charge in [-0.2, -0.15) is 0 Å². The summed E-state index contributed by atoms with van der Waals surface area (Å²) in [5.74, 6) is -0.112. The number of aromatic nitrogens is 2. The summed E-state index contributed by atoms with van der Waals surface area (Å²) in [6, 6.07) is 15.0. The Morgan fingerprint density at radius 2 is 1.65 bits per heavy atom. The van der Waals surface area contributed by atoms with Crippen molar-refractivity contribution in [2.45, 2.75) is 32.7 Å². The summed E-state index contributed by atoms with van der Waals surface area (Å²) >= 11 is 0. The van der Waals surface area contributed by atoms with Gasteiger partial charge >= 0.3 is 0 Å². The van der Waals surface area contributed by atoms with Crippen molar-refractivity contribution in [1.82, 2.24) is 20.2 Å². The van der Waals surface area contributed by atoms with Crippen molar-refractivity contribution in [3.05, 3.63) is 65.5 Å². The van der Waals surface area contributed by atoms with Crippen LogP contribution in [0.5, 0.6) is 0 Å². The highest BCUT2D eigenvalue weighted by Crippen LogP contribution is 2.16.